The minimum absolute atomic E-state index is 0.0370. The van der Waals surface area contributed by atoms with Crippen LogP contribution in [0.25, 0.3) is 0 Å². The monoisotopic (exact) mass is 346 g/mol. The molecule has 24 heavy (non-hydrogen) atoms. The third kappa shape index (κ3) is 2.78. The molecule has 0 bridgehead atoms. The highest BCUT2D eigenvalue weighted by atomic mass is 32.1. The second-order valence-corrected chi connectivity index (χ2v) is 6.33. The normalized spacial score (nSPS) is 18.9. The number of carbonyl (C=O) groups excluding carboxylic acids is 2. The van der Waals surface area contributed by atoms with Gasteiger partial charge in [-0.2, -0.15) is 0 Å². The van der Waals surface area contributed by atoms with E-state index in [1.807, 2.05) is 18.2 Å². The van der Waals surface area contributed by atoms with Gasteiger partial charge in [0.2, 0.25) is 23.7 Å². The summed E-state index contributed by atoms with van der Waals surface area (Å²) in [5, 5.41) is 10.6. The Kier molecular flexibility index (Phi) is 3.77. The molecule has 3 heterocycles. The molecule has 0 saturated carbocycles. The third-order valence-corrected chi connectivity index (χ3v) is 4.62. The Hall–Kier alpha value is -2.68. The lowest BCUT2D eigenvalue weighted by Crippen LogP contribution is -2.41. The van der Waals surface area contributed by atoms with Crippen LogP contribution in [0.15, 0.2) is 23.7 Å². The summed E-state index contributed by atoms with van der Waals surface area (Å²) < 4.78 is 10.6. The van der Waals surface area contributed by atoms with Crippen LogP contribution in [-0.4, -0.2) is 39.7 Å². The first kappa shape index (κ1) is 14.9. The summed E-state index contributed by atoms with van der Waals surface area (Å²) in [4.78, 5) is 26.2. The van der Waals surface area contributed by atoms with Crippen molar-refractivity contribution in [1.29, 1.82) is 0 Å². The van der Waals surface area contributed by atoms with E-state index >= 15 is 0 Å². The summed E-state index contributed by atoms with van der Waals surface area (Å²) in [6.45, 7) is 0.554. The van der Waals surface area contributed by atoms with E-state index in [1.54, 1.807) is 10.4 Å². The number of hydrogen-bond donors (Lipinski definition) is 1. The third-order valence-electron chi connectivity index (χ3n) is 4.01. The fourth-order valence-electron chi connectivity index (χ4n) is 2.86. The quantitative estimate of drug-likeness (QED) is 0.899. The van der Waals surface area contributed by atoms with Crippen molar-refractivity contribution in [2.45, 2.75) is 25.4 Å². The van der Waals surface area contributed by atoms with Gasteiger partial charge in [0.25, 0.3) is 0 Å². The predicted octanol–water partition coefficient (Wildman–Crippen LogP) is 1.40. The van der Waals surface area contributed by atoms with E-state index in [-0.39, 0.29) is 18.6 Å². The molecule has 1 aromatic carbocycles. The fourth-order valence-corrected chi connectivity index (χ4v) is 3.30. The van der Waals surface area contributed by atoms with Crippen LogP contribution < -0.4 is 14.8 Å². The van der Waals surface area contributed by atoms with Crippen molar-refractivity contribution in [2.24, 2.45) is 0 Å². The summed E-state index contributed by atoms with van der Waals surface area (Å²) in [6, 6.07) is 5.02. The van der Waals surface area contributed by atoms with Gasteiger partial charge in [0.1, 0.15) is 11.6 Å². The van der Waals surface area contributed by atoms with Gasteiger partial charge in [-0.25, -0.2) is 0 Å². The summed E-state index contributed by atoms with van der Waals surface area (Å²) in [6.07, 6.45) is 0.854. The Labute approximate surface area is 141 Å². The zero-order valence-corrected chi connectivity index (χ0v) is 13.4. The average molecular weight is 346 g/mol. The van der Waals surface area contributed by atoms with Crippen molar-refractivity contribution >= 4 is 28.3 Å². The second-order valence-electron chi connectivity index (χ2n) is 5.50. The van der Waals surface area contributed by atoms with E-state index < -0.39 is 6.04 Å². The Morgan fingerprint density at radius 1 is 1.38 bits per heavy atom. The van der Waals surface area contributed by atoms with Crippen LogP contribution in [0.4, 0.5) is 5.13 Å². The Balaban J connectivity index is 1.49. The molecule has 0 aliphatic carbocycles. The largest absolute Gasteiger partial charge is 0.454 e. The van der Waals surface area contributed by atoms with Crippen LogP contribution in [0.3, 0.4) is 0 Å². The predicted molar refractivity (Wildman–Crippen MR) is 84.7 cm³/mol. The number of anilines is 1. The maximum Gasteiger partial charge on any atom is 0.249 e. The van der Waals surface area contributed by atoms with Crippen LogP contribution in [0.2, 0.25) is 0 Å². The van der Waals surface area contributed by atoms with E-state index in [0.29, 0.717) is 36.0 Å². The van der Waals surface area contributed by atoms with Crippen molar-refractivity contribution in [2.75, 3.05) is 12.1 Å². The molecular weight excluding hydrogens is 332 g/mol. The van der Waals surface area contributed by atoms with Crippen LogP contribution in [-0.2, 0) is 16.1 Å². The van der Waals surface area contributed by atoms with Crippen LogP contribution in [0, 0.1) is 0 Å². The molecule has 2 amide bonds. The SMILES string of the molecule is O=C(Nc1nncs1)[C@H]1CCC(=O)N1Cc1ccc2c(c1)OCO2. The Morgan fingerprint density at radius 3 is 3.08 bits per heavy atom. The van der Waals surface area contributed by atoms with Crippen molar-refractivity contribution in [3.8, 4) is 11.5 Å². The lowest BCUT2D eigenvalue weighted by Gasteiger charge is -2.23. The highest BCUT2D eigenvalue weighted by Crippen LogP contribution is 2.33. The minimum atomic E-state index is -0.508. The van der Waals surface area contributed by atoms with Gasteiger partial charge in [-0.1, -0.05) is 17.4 Å². The molecule has 1 fully saturated rings. The highest BCUT2D eigenvalue weighted by molar-refractivity contribution is 7.13. The number of nitrogens with one attached hydrogen (secondary N) is 1. The number of rotatable bonds is 4. The molecular formula is C15H14N4O4S. The van der Waals surface area contributed by atoms with Crippen molar-refractivity contribution in [1.82, 2.24) is 15.1 Å². The van der Waals surface area contributed by atoms with E-state index in [9.17, 15) is 9.59 Å². The molecule has 9 heteroatoms. The van der Waals surface area contributed by atoms with Gasteiger partial charge in [0, 0.05) is 13.0 Å². The van der Waals surface area contributed by atoms with Crippen LogP contribution >= 0.6 is 11.3 Å². The molecule has 2 aliphatic heterocycles. The van der Waals surface area contributed by atoms with Crippen molar-refractivity contribution < 1.29 is 19.1 Å². The highest BCUT2D eigenvalue weighted by Gasteiger charge is 2.36. The summed E-state index contributed by atoms with van der Waals surface area (Å²) in [5.41, 5.74) is 2.43. The fraction of sp³-hybridized carbons (Fsp3) is 0.333. The molecule has 1 N–H and O–H groups in total. The number of ether oxygens (including phenoxy) is 2. The minimum Gasteiger partial charge on any atom is -0.454 e. The number of aromatic nitrogens is 2. The smallest absolute Gasteiger partial charge is 0.249 e. The van der Waals surface area contributed by atoms with Crippen LogP contribution in [0.5, 0.6) is 11.5 Å². The first-order chi connectivity index (χ1) is 11.7. The molecule has 0 spiro atoms. The second kappa shape index (κ2) is 6.08. The van der Waals surface area contributed by atoms with Crippen LogP contribution in [0.1, 0.15) is 18.4 Å². The summed E-state index contributed by atoms with van der Waals surface area (Å²) in [5.74, 6) is 1.08. The maximum atomic E-state index is 12.4. The maximum absolute atomic E-state index is 12.4. The topological polar surface area (TPSA) is 93.7 Å². The number of fused-ring (bicyclic) bond motifs is 1. The molecule has 2 aliphatic rings. The molecule has 1 atom stereocenters. The first-order valence-corrected chi connectivity index (χ1v) is 8.34. The number of amides is 2. The number of carbonyl (C=O) groups is 2. The summed E-state index contributed by atoms with van der Waals surface area (Å²) >= 11 is 1.24. The molecule has 2 aromatic rings. The van der Waals surface area contributed by atoms with Gasteiger partial charge < -0.3 is 14.4 Å². The molecule has 4 rings (SSSR count). The van der Waals surface area contributed by atoms with E-state index in [2.05, 4.69) is 15.5 Å². The van der Waals surface area contributed by atoms with Gasteiger partial charge in [-0.15, -0.1) is 10.2 Å². The van der Waals surface area contributed by atoms with E-state index in [0.717, 1.165) is 5.56 Å². The molecule has 0 radical (unpaired) electrons. The molecule has 1 aromatic heterocycles. The van der Waals surface area contributed by atoms with Gasteiger partial charge >= 0.3 is 0 Å². The zero-order valence-electron chi connectivity index (χ0n) is 12.6. The van der Waals surface area contributed by atoms with Crippen molar-refractivity contribution in [3.05, 3.63) is 29.3 Å². The standard InChI is InChI=1S/C15H14N4O4S/c20-13-4-2-10(14(21)17-15-18-16-7-24-15)19(13)6-9-1-3-11-12(5-9)23-8-22-11/h1,3,5,7,10H,2,4,6,8H2,(H,17,18,21)/t10-/m1/s1. The summed E-state index contributed by atoms with van der Waals surface area (Å²) in [7, 11) is 0. The number of likely N-dealkylation sites (tertiary alicyclic amines) is 1. The van der Waals surface area contributed by atoms with E-state index in [1.165, 1.54) is 11.3 Å². The lowest BCUT2D eigenvalue weighted by molar-refractivity contribution is -0.133. The Bertz CT molecular complexity index is 780. The zero-order chi connectivity index (χ0) is 16.5. The van der Waals surface area contributed by atoms with Gasteiger partial charge in [0.15, 0.2) is 11.5 Å². The molecule has 124 valence electrons. The molecule has 0 unspecified atom stereocenters. The number of nitrogens with zero attached hydrogens (tertiary/aromatic N) is 3. The van der Waals surface area contributed by atoms with Gasteiger partial charge in [-0.05, 0) is 24.1 Å². The number of hydrogen-bond acceptors (Lipinski definition) is 7. The van der Waals surface area contributed by atoms with Gasteiger partial charge in [0.05, 0.1) is 0 Å². The average Bonchev–Trinajstić information content (AvgIpc) is 3.29. The van der Waals surface area contributed by atoms with Crippen molar-refractivity contribution in [3.63, 3.8) is 0 Å². The molecule has 8 nitrogen and oxygen atoms in total. The molecule has 1 saturated heterocycles. The first-order valence-electron chi connectivity index (χ1n) is 7.46. The Morgan fingerprint density at radius 2 is 2.25 bits per heavy atom. The lowest BCUT2D eigenvalue weighted by atomic mass is 10.1. The number of benzene rings is 1. The van der Waals surface area contributed by atoms with E-state index in [4.69, 9.17) is 9.47 Å². The van der Waals surface area contributed by atoms with Gasteiger partial charge in [-0.3, -0.25) is 14.9 Å².